The molecular weight excluding hydrogens is 144 g/mol. The van der Waals surface area contributed by atoms with E-state index >= 15 is 0 Å². The van der Waals surface area contributed by atoms with Crippen LogP contribution in [-0.4, -0.2) is 30.8 Å². The van der Waals surface area contributed by atoms with E-state index in [9.17, 15) is 4.79 Å². The summed E-state index contributed by atoms with van der Waals surface area (Å²) < 4.78 is 0. The molecule has 0 heterocycles. The standard InChI is InChI=1S/C7H12N2O2/c1-4-5-9(6-10)7(2)8-11-3/h4,6H,1,5H2,2-3H3/b8-7-. The molecule has 0 fully saturated rings. The summed E-state index contributed by atoms with van der Waals surface area (Å²) in [7, 11) is 1.43. The Morgan fingerprint density at radius 1 is 1.82 bits per heavy atom. The van der Waals surface area contributed by atoms with Crippen molar-refractivity contribution < 1.29 is 9.63 Å². The molecule has 0 radical (unpaired) electrons. The number of amidine groups is 1. The third-order valence-electron chi connectivity index (χ3n) is 1.09. The molecule has 0 aromatic rings. The van der Waals surface area contributed by atoms with Gasteiger partial charge in [-0.1, -0.05) is 11.2 Å². The number of oxime groups is 1. The number of rotatable bonds is 4. The van der Waals surface area contributed by atoms with Crippen molar-refractivity contribution in [2.75, 3.05) is 13.7 Å². The summed E-state index contributed by atoms with van der Waals surface area (Å²) in [6.07, 6.45) is 2.29. The van der Waals surface area contributed by atoms with Crippen LogP contribution in [0, 0.1) is 0 Å². The van der Waals surface area contributed by atoms with Crippen molar-refractivity contribution in [3.8, 4) is 0 Å². The van der Waals surface area contributed by atoms with Crippen molar-refractivity contribution in [1.29, 1.82) is 0 Å². The van der Waals surface area contributed by atoms with Crippen LogP contribution in [0.3, 0.4) is 0 Å². The van der Waals surface area contributed by atoms with Gasteiger partial charge in [-0.2, -0.15) is 0 Å². The first kappa shape index (κ1) is 9.68. The second-order valence-corrected chi connectivity index (χ2v) is 1.87. The van der Waals surface area contributed by atoms with E-state index < -0.39 is 0 Å². The number of carbonyl (C=O) groups excluding carboxylic acids is 1. The summed E-state index contributed by atoms with van der Waals surface area (Å²) in [4.78, 5) is 16.2. The van der Waals surface area contributed by atoms with Crippen molar-refractivity contribution >= 4 is 12.2 Å². The van der Waals surface area contributed by atoms with Gasteiger partial charge in [-0.25, -0.2) is 0 Å². The molecule has 1 amide bonds. The van der Waals surface area contributed by atoms with E-state index in [2.05, 4.69) is 16.6 Å². The minimum absolute atomic E-state index is 0.447. The average Bonchev–Trinajstić information content (AvgIpc) is 2.00. The van der Waals surface area contributed by atoms with Gasteiger partial charge in [-0.15, -0.1) is 6.58 Å². The molecule has 0 N–H and O–H groups in total. The van der Waals surface area contributed by atoms with E-state index in [1.807, 2.05) is 0 Å². The van der Waals surface area contributed by atoms with E-state index in [4.69, 9.17) is 0 Å². The normalized spacial score (nSPS) is 10.5. The Hall–Kier alpha value is -1.32. The summed E-state index contributed by atoms with van der Waals surface area (Å²) in [5, 5.41) is 3.58. The lowest BCUT2D eigenvalue weighted by molar-refractivity contribution is -0.114. The van der Waals surface area contributed by atoms with Crippen LogP contribution >= 0.6 is 0 Å². The smallest absolute Gasteiger partial charge is 0.215 e. The molecule has 0 aliphatic rings. The number of carbonyl (C=O) groups is 1. The SMILES string of the molecule is C=CCN(C=O)/C(C)=N\OC. The molecule has 0 spiro atoms. The van der Waals surface area contributed by atoms with Gasteiger partial charge in [0.2, 0.25) is 6.41 Å². The molecule has 0 aromatic heterocycles. The van der Waals surface area contributed by atoms with Gasteiger partial charge >= 0.3 is 0 Å². The fraction of sp³-hybridized carbons (Fsp3) is 0.429. The molecule has 4 nitrogen and oxygen atoms in total. The number of amides is 1. The maximum atomic E-state index is 10.4. The van der Waals surface area contributed by atoms with Crippen LogP contribution in [-0.2, 0) is 9.63 Å². The minimum Gasteiger partial charge on any atom is -0.398 e. The topological polar surface area (TPSA) is 41.9 Å². The fourth-order valence-electron chi connectivity index (χ4n) is 0.575. The van der Waals surface area contributed by atoms with Crippen molar-refractivity contribution in [3.05, 3.63) is 12.7 Å². The van der Waals surface area contributed by atoms with E-state index in [1.54, 1.807) is 13.0 Å². The predicted octanol–water partition coefficient (Wildman–Crippen LogP) is 0.611. The summed E-state index contributed by atoms with van der Waals surface area (Å²) >= 11 is 0. The first-order valence-electron chi connectivity index (χ1n) is 3.16. The maximum absolute atomic E-state index is 10.4. The largest absolute Gasteiger partial charge is 0.398 e. The monoisotopic (exact) mass is 156 g/mol. The lowest BCUT2D eigenvalue weighted by Gasteiger charge is -2.12. The summed E-state index contributed by atoms with van der Waals surface area (Å²) in [5.41, 5.74) is 0. The Balaban J connectivity index is 4.11. The van der Waals surface area contributed by atoms with Gasteiger partial charge in [-0.05, 0) is 6.92 Å². The maximum Gasteiger partial charge on any atom is 0.215 e. The van der Waals surface area contributed by atoms with Crippen LogP contribution in [0.4, 0.5) is 0 Å². The summed E-state index contributed by atoms with van der Waals surface area (Å²) in [6.45, 7) is 5.62. The van der Waals surface area contributed by atoms with Gasteiger partial charge < -0.3 is 4.84 Å². The first-order valence-corrected chi connectivity index (χ1v) is 3.16. The minimum atomic E-state index is 0.447. The molecule has 11 heavy (non-hydrogen) atoms. The highest BCUT2D eigenvalue weighted by Gasteiger charge is 2.01. The van der Waals surface area contributed by atoms with Crippen molar-refractivity contribution in [1.82, 2.24) is 4.90 Å². The van der Waals surface area contributed by atoms with Crippen LogP contribution in [0.5, 0.6) is 0 Å². The molecule has 0 unspecified atom stereocenters. The summed E-state index contributed by atoms with van der Waals surface area (Å²) in [5.74, 6) is 0.516. The predicted molar refractivity (Wildman–Crippen MR) is 43.1 cm³/mol. The third-order valence-corrected chi connectivity index (χ3v) is 1.09. The zero-order chi connectivity index (χ0) is 8.69. The quantitative estimate of drug-likeness (QED) is 0.197. The van der Waals surface area contributed by atoms with Crippen LogP contribution in [0.1, 0.15) is 6.92 Å². The Morgan fingerprint density at radius 2 is 2.45 bits per heavy atom. The Kier molecular flexibility index (Phi) is 4.81. The number of nitrogens with zero attached hydrogens (tertiary/aromatic N) is 2. The first-order chi connectivity index (χ1) is 5.26. The highest BCUT2D eigenvalue weighted by molar-refractivity contribution is 5.88. The van der Waals surface area contributed by atoms with Gasteiger partial charge in [0.25, 0.3) is 0 Å². The van der Waals surface area contributed by atoms with Crippen LogP contribution in [0.25, 0.3) is 0 Å². The average molecular weight is 156 g/mol. The molecule has 0 saturated heterocycles. The molecule has 0 aromatic carbocycles. The lowest BCUT2D eigenvalue weighted by atomic mass is 10.5. The van der Waals surface area contributed by atoms with Gasteiger partial charge in [0.15, 0.2) is 0 Å². The fourth-order valence-corrected chi connectivity index (χ4v) is 0.575. The second-order valence-electron chi connectivity index (χ2n) is 1.87. The molecule has 62 valence electrons. The molecule has 0 aliphatic heterocycles. The second kappa shape index (κ2) is 5.46. The van der Waals surface area contributed by atoms with Crippen LogP contribution in [0.15, 0.2) is 17.8 Å². The van der Waals surface area contributed by atoms with Crippen molar-refractivity contribution in [3.63, 3.8) is 0 Å². The van der Waals surface area contributed by atoms with E-state index in [0.29, 0.717) is 18.8 Å². The Bertz CT molecular complexity index is 166. The zero-order valence-electron chi connectivity index (χ0n) is 6.78. The molecule has 0 atom stereocenters. The van der Waals surface area contributed by atoms with Gasteiger partial charge in [-0.3, -0.25) is 9.69 Å². The number of hydrogen-bond donors (Lipinski definition) is 0. The van der Waals surface area contributed by atoms with Gasteiger partial charge in [0.05, 0.1) is 0 Å². The van der Waals surface area contributed by atoms with Crippen LogP contribution in [0.2, 0.25) is 0 Å². The van der Waals surface area contributed by atoms with Crippen molar-refractivity contribution in [2.45, 2.75) is 6.92 Å². The van der Waals surface area contributed by atoms with E-state index in [1.165, 1.54) is 12.0 Å². The highest BCUT2D eigenvalue weighted by atomic mass is 16.6. The van der Waals surface area contributed by atoms with Crippen molar-refractivity contribution in [2.24, 2.45) is 5.16 Å². The molecule has 4 heteroatoms. The Labute approximate surface area is 66.1 Å². The highest BCUT2D eigenvalue weighted by Crippen LogP contribution is 1.88. The molecule has 0 bridgehead atoms. The number of hydrogen-bond acceptors (Lipinski definition) is 3. The van der Waals surface area contributed by atoms with Gasteiger partial charge in [0.1, 0.15) is 12.9 Å². The molecule has 0 saturated carbocycles. The zero-order valence-corrected chi connectivity index (χ0v) is 6.78. The van der Waals surface area contributed by atoms with E-state index in [0.717, 1.165) is 0 Å². The third kappa shape index (κ3) is 3.40. The Morgan fingerprint density at radius 3 is 2.82 bits per heavy atom. The van der Waals surface area contributed by atoms with Crippen LogP contribution < -0.4 is 0 Å². The molecule has 0 rings (SSSR count). The van der Waals surface area contributed by atoms with Gasteiger partial charge in [0, 0.05) is 6.54 Å². The molecule has 0 aliphatic carbocycles. The molecular formula is C7H12N2O2. The van der Waals surface area contributed by atoms with E-state index in [-0.39, 0.29) is 0 Å². The lowest BCUT2D eigenvalue weighted by Crippen LogP contribution is -2.27. The summed E-state index contributed by atoms with van der Waals surface area (Å²) in [6, 6.07) is 0.